The quantitative estimate of drug-likeness (QED) is 0.664. The molecule has 7 nitrogen and oxygen atoms in total. The van der Waals surface area contributed by atoms with Gasteiger partial charge in [-0.05, 0) is 38.1 Å². The third-order valence-corrected chi connectivity index (χ3v) is 3.53. The molecule has 0 aliphatic carbocycles. The summed E-state index contributed by atoms with van der Waals surface area (Å²) in [6.45, 7) is 3.32. The maximum Gasteiger partial charge on any atom is 0.344 e. The molecule has 0 saturated carbocycles. The number of hydrogen-bond donors (Lipinski definition) is 0. The molecule has 0 fully saturated rings. The van der Waals surface area contributed by atoms with Gasteiger partial charge in [0, 0.05) is 11.6 Å². The van der Waals surface area contributed by atoms with Crippen LogP contribution in [0.5, 0.6) is 5.75 Å². The van der Waals surface area contributed by atoms with E-state index in [9.17, 15) is 4.79 Å². The fourth-order valence-electron chi connectivity index (χ4n) is 2.26. The van der Waals surface area contributed by atoms with Gasteiger partial charge in [0.2, 0.25) is 0 Å². The maximum absolute atomic E-state index is 12.1. The van der Waals surface area contributed by atoms with Crippen LogP contribution in [0.4, 0.5) is 0 Å². The van der Waals surface area contributed by atoms with Crippen LogP contribution >= 0.6 is 0 Å². The molecule has 2 aromatic heterocycles. The molecule has 24 heavy (non-hydrogen) atoms. The zero-order chi connectivity index (χ0) is 17.1. The molecule has 3 rings (SSSR count). The summed E-state index contributed by atoms with van der Waals surface area (Å²) in [7, 11) is 1.61. The topological polar surface area (TPSA) is 87.6 Å². The van der Waals surface area contributed by atoms with Crippen LogP contribution in [-0.4, -0.2) is 23.4 Å². The average Bonchev–Trinajstić information content (AvgIpc) is 3.20. The summed E-state index contributed by atoms with van der Waals surface area (Å²) in [6.07, 6.45) is 0. The van der Waals surface area contributed by atoms with Crippen LogP contribution in [0, 0.1) is 13.8 Å². The van der Waals surface area contributed by atoms with Gasteiger partial charge in [-0.2, -0.15) is 0 Å². The van der Waals surface area contributed by atoms with Gasteiger partial charge in [0.15, 0.2) is 12.4 Å². The number of methoxy groups -OCH3 is 1. The Labute approximate surface area is 138 Å². The first-order chi connectivity index (χ1) is 11.6. The van der Waals surface area contributed by atoms with Gasteiger partial charge in [-0.15, -0.1) is 0 Å². The molecule has 0 aliphatic rings. The lowest BCUT2D eigenvalue weighted by Gasteiger charge is -2.01. The van der Waals surface area contributed by atoms with E-state index in [2.05, 4.69) is 10.3 Å². The van der Waals surface area contributed by atoms with Crippen LogP contribution < -0.4 is 4.74 Å². The van der Waals surface area contributed by atoms with Gasteiger partial charge < -0.3 is 18.5 Å². The Kier molecular flexibility index (Phi) is 4.33. The minimum atomic E-state index is -0.506. The first-order valence-electron chi connectivity index (χ1n) is 7.28. The van der Waals surface area contributed by atoms with Crippen LogP contribution in [0.15, 0.2) is 39.4 Å². The van der Waals surface area contributed by atoms with E-state index in [0.717, 1.165) is 11.3 Å². The fourth-order valence-corrected chi connectivity index (χ4v) is 2.26. The average molecular weight is 328 g/mol. The van der Waals surface area contributed by atoms with E-state index in [1.165, 1.54) is 0 Å². The van der Waals surface area contributed by atoms with Crippen molar-refractivity contribution < 1.29 is 23.3 Å². The second kappa shape index (κ2) is 6.57. The molecule has 7 heteroatoms. The first-order valence-corrected chi connectivity index (χ1v) is 7.28. The number of ether oxygens (including phenoxy) is 2. The first kappa shape index (κ1) is 15.8. The minimum absolute atomic E-state index is 0.0218. The van der Waals surface area contributed by atoms with Crippen molar-refractivity contribution in [1.82, 2.24) is 10.3 Å². The van der Waals surface area contributed by atoms with E-state index in [4.69, 9.17) is 18.5 Å². The number of esters is 1. The van der Waals surface area contributed by atoms with Gasteiger partial charge >= 0.3 is 5.97 Å². The summed E-state index contributed by atoms with van der Waals surface area (Å²) < 4.78 is 20.5. The lowest BCUT2D eigenvalue weighted by molar-refractivity contribution is 0.0434. The standard InChI is InChI=1S/C17H16N2O5/c1-10-16(11(2)23-18-10)17(20)22-9-14-8-15(19-24-14)12-4-6-13(21-3)7-5-12/h4-8H,9H2,1-3H3. The van der Waals surface area contributed by atoms with Crippen LogP contribution in [0.2, 0.25) is 0 Å². The van der Waals surface area contributed by atoms with E-state index in [-0.39, 0.29) is 6.61 Å². The Bertz CT molecular complexity index is 829. The number of benzene rings is 1. The summed E-state index contributed by atoms with van der Waals surface area (Å²) in [5.41, 5.74) is 2.36. The SMILES string of the molecule is COc1ccc(-c2cc(COC(=O)c3c(C)noc3C)on2)cc1. The van der Waals surface area contributed by atoms with Crippen molar-refractivity contribution in [3.05, 3.63) is 53.1 Å². The van der Waals surface area contributed by atoms with Crippen LogP contribution in [0.1, 0.15) is 27.6 Å². The molecule has 0 unspecified atom stereocenters. The molecule has 0 atom stereocenters. The zero-order valence-corrected chi connectivity index (χ0v) is 13.5. The van der Waals surface area contributed by atoms with E-state index in [1.54, 1.807) is 27.0 Å². The highest BCUT2D eigenvalue weighted by Crippen LogP contribution is 2.22. The molecule has 0 amide bonds. The Morgan fingerprint density at radius 3 is 2.50 bits per heavy atom. The third kappa shape index (κ3) is 3.15. The summed E-state index contributed by atoms with van der Waals surface area (Å²) in [5.74, 6) is 1.12. The van der Waals surface area contributed by atoms with E-state index in [1.807, 2.05) is 24.3 Å². The predicted molar refractivity (Wildman–Crippen MR) is 83.6 cm³/mol. The molecule has 2 heterocycles. The highest BCUT2D eigenvalue weighted by Gasteiger charge is 2.19. The Balaban J connectivity index is 1.67. The molecule has 0 aliphatic heterocycles. The molecule has 1 aromatic carbocycles. The highest BCUT2D eigenvalue weighted by atomic mass is 16.6. The minimum Gasteiger partial charge on any atom is -0.497 e. The van der Waals surface area contributed by atoms with Gasteiger partial charge in [-0.25, -0.2) is 4.79 Å². The van der Waals surface area contributed by atoms with Gasteiger partial charge in [0.1, 0.15) is 22.8 Å². The summed E-state index contributed by atoms with van der Waals surface area (Å²) in [5, 5.41) is 7.71. The highest BCUT2D eigenvalue weighted by molar-refractivity contribution is 5.91. The number of hydrogen-bond acceptors (Lipinski definition) is 7. The Morgan fingerprint density at radius 2 is 1.88 bits per heavy atom. The molecule has 0 saturated heterocycles. The number of carbonyl (C=O) groups is 1. The van der Waals surface area contributed by atoms with Crippen LogP contribution in [0.25, 0.3) is 11.3 Å². The van der Waals surface area contributed by atoms with E-state index >= 15 is 0 Å². The molecular formula is C17H16N2O5. The third-order valence-electron chi connectivity index (χ3n) is 3.53. The van der Waals surface area contributed by atoms with Crippen molar-refractivity contribution in [3.8, 4) is 17.0 Å². The number of nitrogens with zero attached hydrogens (tertiary/aromatic N) is 2. The van der Waals surface area contributed by atoms with Crippen molar-refractivity contribution in [2.75, 3.05) is 7.11 Å². The van der Waals surface area contributed by atoms with E-state index in [0.29, 0.717) is 28.5 Å². The van der Waals surface area contributed by atoms with Crippen molar-refractivity contribution in [2.24, 2.45) is 0 Å². The number of rotatable bonds is 5. The van der Waals surface area contributed by atoms with Gasteiger partial charge in [0.05, 0.1) is 12.8 Å². The maximum atomic E-state index is 12.1. The number of carbonyl (C=O) groups excluding carboxylic acids is 1. The smallest absolute Gasteiger partial charge is 0.344 e. The number of aromatic nitrogens is 2. The van der Waals surface area contributed by atoms with Crippen LogP contribution in [0.3, 0.4) is 0 Å². The summed E-state index contributed by atoms with van der Waals surface area (Å²) in [6, 6.07) is 9.14. The molecule has 0 bridgehead atoms. The lowest BCUT2D eigenvalue weighted by atomic mass is 10.1. The largest absolute Gasteiger partial charge is 0.497 e. The second-order valence-corrected chi connectivity index (χ2v) is 5.18. The summed E-state index contributed by atoms with van der Waals surface area (Å²) in [4.78, 5) is 12.1. The lowest BCUT2D eigenvalue weighted by Crippen LogP contribution is -2.06. The molecule has 0 spiro atoms. The van der Waals surface area contributed by atoms with Crippen LogP contribution in [-0.2, 0) is 11.3 Å². The van der Waals surface area contributed by atoms with E-state index < -0.39 is 5.97 Å². The van der Waals surface area contributed by atoms with Gasteiger partial charge in [-0.1, -0.05) is 10.3 Å². The predicted octanol–water partition coefficient (Wildman–Crippen LogP) is 3.31. The fraction of sp³-hybridized carbons (Fsp3) is 0.235. The Morgan fingerprint density at radius 1 is 1.12 bits per heavy atom. The monoisotopic (exact) mass is 328 g/mol. The van der Waals surface area contributed by atoms with Crippen molar-refractivity contribution in [2.45, 2.75) is 20.5 Å². The molecule has 3 aromatic rings. The normalized spacial score (nSPS) is 10.6. The zero-order valence-electron chi connectivity index (χ0n) is 13.5. The van der Waals surface area contributed by atoms with Gasteiger partial charge in [0.25, 0.3) is 0 Å². The molecular weight excluding hydrogens is 312 g/mol. The molecule has 0 N–H and O–H groups in total. The second-order valence-electron chi connectivity index (χ2n) is 5.18. The molecule has 0 radical (unpaired) electrons. The number of aryl methyl sites for hydroxylation is 2. The Hall–Kier alpha value is -3.09. The van der Waals surface area contributed by atoms with Gasteiger partial charge in [-0.3, -0.25) is 0 Å². The van der Waals surface area contributed by atoms with Crippen molar-refractivity contribution >= 4 is 5.97 Å². The van der Waals surface area contributed by atoms with Crippen molar-refractivity contribution in [1.29, 1.82) is 0 Å². The van der Waals surface area contributed by atoms with Crippen molar-refractivity contribution in [3.63, 3.8) is 0 Å². The summed E-state index contributed by atoms with van der Waals surface area (Å²) >= 11 is 0. The molecule has 124 valence electrons.